The molecular formula is C13H16N2O2. The Hall–Kier alpha value is -1.97. The Morgan fingerprint density at radius 3 is 3.00 bits per heavy atom. The Morgan fingerprint density at radius 1 is 1.41 bits per heavy atom. The summed E-state index contributed by atoms with van der Waals surface area (Å²) in [5.41, 5.74) is 0.873. The monoisotopic (exact) mass is 232 g/mol. The van der Waals surface area contributed by atoms with Crippen molar-refractivity contribution in [3.63, 3.8) is 0 Å². The predicted octanol–water partition coefficient (Wildman–Crippen LogP) is 3.25. The van der Waals surface area contributed by atoms with E-state index < -0.39 is 0 Å². The minimum absolute atomic E-state index is 0.0772. The zero-order valence-electron chi connectivity index (χ0n) is 10.0. The van der Waals surface area contributed by atoms with Crippen LogP contribution < -0.4 is 10.1 Å². The molecule has 2 rings (SSSR count). The highest BCUT2D eigenvalue weighted by Gasteiger charge is 2.11. The maximum absolute atomic E-state index is 5.45. The van der Waals surface area contributed by atoms with Gasteiger partial charge in [-0.05, 0) is 38.1 Å². The number of aromatic nitrogens is 1. The minimum atomic E-state index is 0.0772. The van der Waals surface area contributed by atoms with Gasteiger partial charge in [0, 0.05) is 6.20 Å². The van der Waals surface area contributed by atoms with Gasteiger partial charge in [-0.3, -0.25) is 0 Å². The Morgan fingerprint density at radius 2 is 2.29 bits per heavy atom. The number of pyridine rings is 1. The summed E-state index contributed by atoms with van der Waals surface area (Å²) < 4.78 is 10.8. The number of hydrogen-bond acceptors (Lipinski definition) is 4. The van der Waals surface area contributed by atoms with Gasteiger partial charge in [0.1, 0.15) is 5.76 Å². The molecule has 0 aliphatic carbocycles. The lowest BCUT2D eigenvalue weighted by atomic mass is 10.2. The number of anilines is 1. The lowest BCUT2D eigenvalue weighted by Crippen LogP contribution is -2.08. The van der Waals surface area contributed by atoms with Crippen molar-refractivity contribution in [3.05, 3.63) is 42.5 Å². The molecule has 0 aliphatic heterocycles. The van der Waals surface area contributed by atoms with Crippen LogP contribution in [0.15, 0.2) is 41.1 Å². The highest BCUT2D eigenvalue weighted by atomic mass is 16.5. The van der Waals surface area contributed by atoms with E-state index in [0.717, 1.165) is 11.4 Å². The molecule has 0 aliphatic rings. The molecule has 0 bridgehead atoms. The second-order valence-corrected chi connectivity index (χ2v) is 3.67. The smallest absolute Gasteiger partial charge is 0.237 e. The van der Waals surface area contributed by atoms with Crippen LogP contribution in [0.25, 0.3) is 0 Å². The van der Waals surface area contributed by atoms with Gasteiger partial charge in [-0.25, -0.2) is 4.98 Å². The summed E-state index contributed by atoms with van der Waals surface area (Å²) in [5, 5.41) is 3.32. The van der Waals surface area contributed by atoms with Crippen molar-refractivity contribution < 1.29 is 9.15 Å². The summed E-state index contributed by atoms with van der Waals surface area (Å²) in [5.74, 6) is 1.50. The van der Waals surface area contributed by atoms with Crippen LogP contribution in [0.5, 0.6) is 5.88 Å². The molecule has 4 heteroatoms. The van der Waals surface area contributed by atoms with Gasteiger partial charge in [-0.1, -0.05) is 0 Å². The number of rotatable bonds is 5. The van der Waals surface area contributed by atoms with Gasteiger partial charge in [-0.2, -0.15) is 0 Å². The third-order valence-corrected chi connectivity index (χ3v) is 2.39. The molecule has 17 heavy (non-hydrogen) atoms. The van der Waals surface area contributed by atoms with E-state index in [0.29, 0.717) is 12.5 Å². The molecular weight excluding hydrogens is 216 g/mol. The maximum atomic E-state index is 5.45. The maximum Gasteiger partial charge on any atom is 0.237 e. The van der Waals surface area contributed by atoms with Gasteiger partial charge in [-0.15, -0.1) is 0 Å². The predicted molar refractivity (Wildman–Crippen MR) is 66.2 cm³/mol. The Kier molecular flexibility index (Phi) is 3.65. The molecule has 0 fully saturated rings. The average molecular weight is 232 g/mol. The van der Waals surface area contributed by atoms with E-state index in [-0.39, 0.29) is 6.04 Å². The molecule has 2 heterocycles. The molecule has 0 saturated carbocycles. The lowest BCUT2D eigenvalue weighted by Gasteiger charge is -2.15. The molecule has 2 aromatic heterocycles. The van der Waals surface area contributed by atoms with Crippen LogP contribution in [-0.4, -0.2) is 11.6 Å². The Labute approximate surface area is 101 Å². The normalized spacial score (nSPS) is 12.1. The van der Waals surface area contributed by atoms with Crippen LogP contribution in [0.1, 0.15) is 25.6 Å². The van der Waals surface area contributed by atoms with Crippen LogP contribution in [-0.2, 0) is 0 Å². The zero-order valence-corrected chi connectivity index (χ0v) is 10.0. The SMILES string of the molecule is CCOc1ncccc1NC(C)c1ccco1. The van der Waals surface area contributed by atoms with Crippen LogP contribution in [0.4, 0.5) is 5.69 Å². The summed E-state index contributed by atoms with van der Waals surface area (Å²) in [6.07, 6.45) is 3.38. The van der Waals surface area contributed by atoms with Gasteiger partial charge in [0.05, 0.1) is 24.6 Å². The molecule has 1 atom stereocenters. The number of nitrogens with zero attached hydrogens (tertiary/aromatic N) is 1. The summed E-state index contributed by atoms with van der Waals surface area (Å²) in [7, 11) is 0. The first kappa shape index (κ1) is 11.5. The van der Waals surface area contributed by atoms with Gasteiger partial charge < -0.3 is 14.5 Å². The second-order valence-electron chi connectivity index (χ2n) is 3.67. The zero-order chi connectivity index (χ0) is 12.1. The van der Waals surface area contributed by atoms with Crippen LogP contribution in [0.2, 0.25) is 0 Å². The van der Waals surface area contributed by atoms with Gasteiger partial charge in [0.15, 0.2) is 0 Å². The molecule has 90 valence electrons. The fraction of sp³-hybridized carbons (Fsp3) is 0.308. The molecule has 0 aromatic carbocycles. The van der Waals surface area contributed by atoms with E-state index in [4.69, 9.17) is 9.15 Å². The molecule has 0 spiro atoms. The van der Waals surface area contributed by atoms with Crippen molar-refractivity contribution in [1.82, 2.24) is 4.98 Å². The van der Waals surface area contributed by atoms with Crippen molar-refractivity contribution in [2.24, 2.45) is 0 Å². The summed E-state index contributed by atoms with van der Waals surface area (Å²) >= 11 is 0. The van der Waals surface area contributed by atoms with Gasteiger partial charge in [0.25, 0.3) is 0 Å². The number of furan rings is 1. The molecule has 2 aromatic rings. The van der Waals surface area contributed by atoms with Gasteiger partial charge >= 0.3 is 0 Å². The van der Waals surface area contributed by atoms with Crippen LogP contribution >= 0.6 is 0 Å². The van der Waals surface area contributed by atoms with E-state index in [2.05, 4.69) is 10.3 Å². The third-order valence-electron chi connectivity index (χ3n) is 2.39. The molecule has 0 saturated heterocycles. The molecule has 1 N–H and O–H groups in total. The number of ether oxygens (including phenoxy) is 1. The molecule has 0 radical (unpaired) electrons. The number of nitrogens with one attached hydrogen (secondary N) is 1. The van der Waals surface area contributed by atoms with Crippen molar-refractivity contribution in [1.29, 1.82) is 0 Å². The van der Waals surface area contributed by atoms with Crippen molar-refractivity contribution in [2.45, 2.75) is 19.9 Å². The van der Waals surface area contributed by atoms with E-state index in [1.807, 2.05) is 38.1 Å². The quantitative estimate of drug-likeness (QED) is 0.859. The highest BCUT2D eigenvalue weighted by molar-refractivity contribution is 5.53. The largest absolute Gasteiger partial charge is 0.476 e. The minimum Gasteiger partial charge on any atom is -0.476 e. The lowest BCUT2D eigenvalue weighted by molar-refractivity contribution is 0.328. The summed E-state index contributed by atoms with van der Waals surface area (Å²) in [6, 6.07) is 7.71. The van der Waals surface area contributed by atoms with E-state index in [1.54, 1.807) is 12.5 Å². The standard InChI is InChI=1S/C13H16N2O2/c1-3-16-13-11(6-4-8-14-13)15-10(2)12-7-5-9-17-12/h4-10,15H,3H2,1-2H3. The van der Waals surface area contributed by atoms with E-state index in [9.17, 15) is 0 Å². The third kappa shape index (κ3) is 2.78. The van der Waals surface area contributed by atoms with Crippen molar-refractivity contribution in [2.75, 3.05) is 11.9 Å². The molecule has 0 amide bonds. The second kappa shape index (κ2) is 5.39. The van der Waals surface area contributed by atoms with E-state index >= 15 is 0 Å². The molecule has 4 nitrogen and oxygen atoms in total. The fourth-order valence-corrected chi connectivity index (χ4v) is 1.59. The first-order chi connectivity index (χ1) is 8.31. The van der Waals surface area contributed by atoms with Gasteiger partial charge in [0.2, 0.25) is 5.88 Å². The number of hydrogen-bond donors (Lipinski definition) is 1. The van der Waals surface area contributed by atoms with Crippen molar-refractivity contribution >= 4 is 5.69 Å². The summed E-state index contributed by atoms with van der Waals surface area (Å²) in [6.45, 7) is 4.57. The highest BCUT2D eigenvalue weighted by Crippen LogP contribution is 2.25. The topological polar surface area (TPSA) is 47.3 Å². The van der Waals surface area contributed by atoms with Crippen molar-refractivity contribution in [3.8, 4) is 5.88 Å². The first-order valence-corrected chi connectivity index (χ1v) is 5.69. The summed E-state index contributed by atoms with van der Waals surface area (Å²) in [4.78, 5) is 4.19. The van der Waals surface area contributed by atoms with Crippen LogP contribution in [0, 0.1) is 0 Å². The van der Waals surface area contributed by atoms with Crippen LogP contribution in [0.3, 0.4) is 0 Å². The Bertz CT molecular complexity index is 454. The van der Waals surface area contributed by atoms with E-state index in [1.165, 1.54) is 0 Å². The Balaban J connectivity index is 2.12. The average Bonchev–Trinajstić information content (AvgIpc) is 2.85. The first-order valence-electron chi connectivity index (χ1n) is 5.69. The fourth-order valence-electron chi connectivity index (χ4n) is 1.59. The molecule has 1 unspecified atom stereocenters.